The summed E-state index contributed by atoms with van der Waals surface area (Å²) in [4.78, 5) is 12.3. The van der Waals surface area contributed by atoms with Crippen molar-refractivity contribution in [2.45, 2.75) is 71.2 Å². The van der Waals surface area contributed by atoms with Crippen molar-refractivity contribution in [1.29, 1.82) is 0 Å². The molecule has 5 heteroatoms. The fourth-order valence-corrected chi connectivity index (χ4v) is 4.24. The summed E-state index contributed by atoms with van der Waals surface area (Å²) in [6.07, 6.45) is 7.27. The minimum absolute atomic E-state index is 0.0517. The van der Waals surface area contributed by atoms with E-state index in [9.17, 15) is 4.79 Å². The van der Waals surface area contributed by atoms with Gasteiger partial charge in [0.25, 0.3) is 0 Å². The van der Waals surface area contributed by atoms with Crippen molar-refractivity contribution >= 4 is 13.8 Å². The Labute approximate surface area is 149 Å². The van der Waals surface area contributed by atoms with Crippen molar-refractivity contribution in [3.8, 4) is 0 Å². The second-order valence-electron chi connectivity index (χ2n) is 8.69. The molecule has 1 heterocycles. The SMILES string of the molecule is BC1CCCC(C)(CNC(=O)C2CNCCO2)CCCC(C)C1C. The fraction of sp³-hybridized carbons (Fsp3) is 0.947. The third-order valence-electron chi connectivity index (χ3n) is 6.58. The molecule has 2 rings (SSSR count). The van der Waals surface area contributed by atoms with Gasteiger partial charge < -0.3 is 15.4 Å². The van der Waals surface area contributed by atoms with Gasteiger partial charge in [0, 0.05) is 19.6 Å². The van der Waals surface area contributed by atoms with Crippen molar-refractivity contribution in [2.75, 3.05) is 26.2 Å². The van der Waals surface area contributed by atoms with Gasteiger partial charge in [0.15, 0.2) is 0 Å². The van der Waals surface area contributed by atoms with Crippen LogP contribution >= 0.6 is 0 Å². The Morgan fingerprint density at radius 3 is 2.67 bits per heavy atom. The van der Waals surface area contributed by atoms with E-state index in [-0.39, 0.29) is 17.4 Å². The Hall–Kier alpha value is -0.545. The van der Waals surface area contributed by atoms with Crippen LogP contribution in [0.1, 0.15) is 59.3 Å². The van der Waals surface area contributed by atoms with Crippen LogP contribution in [0.3, 0.4) is 0 Å². The molecule has 2 N–H and O–H groups in total. The maximum Gasteiger partial charge on any atom is 0.250 e. The molecule has 0 bridgehead atoms. The van der Waals surface area contributed by atoms with Gasteiger partial charge in [-0.15, -0.1) is 0 Å². The first-order valence-electron chi connectivity index (χ1n) is 10.0. The molecule has 0 aromatic carbocycles. The van der Waals surface area contributed by atoms with Crippen LogP contribution in [0.2, 0.25) is 5.82 Å². The molecule has 2 fully saturated rings. The van der Waals surface area contributed by atoms with Gasteiger partial charge >= 0.3 is 0 Å². The van der Waals surface area contributed by atoms with E-state index in [0.29, 0.717) is 13.2 Å². The molecule has 0 aromatic rings. The van der Waals surface area contributed by atoms with Crippen LogP contribution in [-0.2, 0) is 9.53 Å². The zero-order chi connectivity index (χ0) is 17.6. The highest BCUT2D eigenvalue weighted by molar-refractivity contribution is 6.11. The molecular weight excluding hydrogens is 299 g/mol. The molecule has 1 aliphatic heterocycles. The number of hydrogen-bond donors (Lipinski definition) is 2. The van der Waals surface area contributed by atoms with Gasteiger partial charge in [-0.1, -0.05) is 52.3 Å². The van der Waals surface area contributed by atoms with Gasteiger partial charge in [0.1, 0.15) is 14.0 Å². The van der Waals surface area contributed by atoms with Gasteiger partial charge in [-0.05, 0) is 30.1 Å². The summed E-state index contributed by atoms with van der Waals surface area (Å²) in [7, 11) is 2.41. The van der Waals surface area contributed by atoms with Crippen molar-refractivity contribution in [2.24, 2.45) is 17.3 Å². The van der Waals surface area contributed by atoms with E-state index in [2.05, 4.69) is 39.3 Å². The average Bonchev–Trinajstić information content (AvgIpc) is 2.59. The highest BCUT2D eigenvalue weighted by atomic mass is 16.5. The highest BCUT2D eigenvalue weighted by Crippen LogP contribution is 2.38. The Morgan fingerprint density at radius 2 is 2.00 bits per heavy atom. The monoisotopic (exact) mass is 336 g/mol. The number of amides is 1. The van der Waals surface area contributed by atoms with Gasteiger partial charge in [0.05, 0.1) is 6.61 Å². The Balaban J connectivity index is 1.85. The highest BCUT2D eigenvalue weighted by Gasteiger charge is 2.29. The van der Waals surface area contributed by atoms with Crippen LogP contribution in [0.4, 0.5) is 0 Å². The minimum Gasteiger partial charge on any atom is -0.366 e. The normalized spacial score (nSPS) is 39.1. The molecule has 0 radical (unpaired) electrons. The molecule has 138 valence electrons. The summed E-state index contributed by atoms with van der Waals surface area (Å²) in [6, 6.07) is 0. The second kappa shape index (κ2) is 9.24. The molecule has 1 saturated carbocycles. The lowest BCUT2D eigenvalue weighted by Gasteiger charge is -2.35. The summed E-state index contributed by atoms with van der Waals surface area (Å²) in [5.74, 6) is 2.48. The van der Waals surface area contributed by atoms with E-state index in [0.717, 1.165) is 30.7 Å². The number of carbonyl (C=O) groups is 1. The molecule has 5 atom stereocenters. The predicted molar refractivity (Wildman–Crippen MR) is 102 cm³/mol. The average molecular weight is 336 g/mol. The maximum absolute atomic E-state index is 12.3. The van der Waals surface area contributed by atoms with Crippen LogP contribution in [-0.4, -0.2) is 46.1 Å². The lowest BCUT2D eigenvalue weighted by molar-refractivity contribution is -0.134. The molecule has 0 spiro atoms. The van der Waals surface area contributed by atoms with Crippen LogP contribution in [0.5, 0.6) is 0 Å². The lowest BCUT2D eigenvalue weighted by atomic mass is 9.66. The molecule has 5 unspecified atom stereocenters. The number of carbonyl (C=O) groups excluding carboxylic acids is 1. The van der Waals surface area contributed by atoms with Gasteiger partial charge in [-0.2, -0.15) is 0 Å². The quantitative estimate of drug-likeness (QED) is 0.777. The van der Waals surface area contributed by atoms with E-state index in [1.807, 2.05) is 0 Å². The van der Waals surface area contributed by atoms with E-state index in [1.54, 1.807) is 0 Å². The van der Waals surface area contributed by atoms with Crippen molar-refractivity contribution in [1.82, 2.24) is 10.6 Å². The third kappa shape index (κ3) is 5.77. The van der Waals surface area contributed by atoms with Gasteiger partial charge in [-0.3, -0.25) is 4.79 Å². The molecule has 1 aliphatic carbocycles. The molecule has 2 aliphatic rings. The van der Waals surface area contributed by atoms with Gasteiger partial charge in [0.2, 0.25) is 5.91 Å². The Kier molecular flexibility index (Phi) is 7.61. The number of hydrogen-bond acceptors (Lipinski definition) is 3. The van der Waals surface area contributed by atoms with Crippen LogP contribution in [0, 0.1) is 17.3 Å². The molecular formula is C19H37BN2O2. The zero-order valence-electron chi connectivity index (χ0n) is 16.2. The molecule has 0 aromatic heterocycles. The van der Waals surface area contributed by atoms with Gasteiger partial charge in [-0.25, -0.2) is 0 Å². The van der Waals surface area contributed by atoms with Crippen molar-refractivity contribution < 1.29 is 9.53 Å². The van der Waals surface area contributed by atoms with Crippen LogP contribution in [0.25, 0.3) is 0 Å². The second-order valence-corrected chi connectivity index (χ2v) is 8.69. The van der Waals surface area contributed by atoms with E-state index >= 15 is 0 Å². The standard InChI is InChI=1S/C19H37BN2O2/c1-14-6-4-8-19(3,9-5-7-16(20)15(14)2)13-22-18(23)17-12-21-10-11-24-17/h14-17,21H,4-13,20H2,1-3H3,(H,22,23). The van der Waals surface area contributed by atoms with Crippen LogP contribution in [0.15, 0.2) is 0 Å². The van der Waals surface area contributed by atoms with E-state index < -0.39 is 0 Å². The Morgan fingerprint density at radius 1 is 1.29 bits per heavy atom. The topological polar surface area (TPSA) is 50.4 Å². The summed E-state index contributed by atoms with van der Waals surface area (Å²) >= 11 is 0. The minimum atomic E-state index is -0.317. The number of morpholine rings is 1. The summed E-state index contributed by atoms with van der Waals surface area (Å²) in [5, 5.41) is 6.40. The summed E-state index contributed by atoms with van der Waals surface area (Å²) in [5.41, 5.74) is 0.220. The molecule has 4 nitrogen and oxygen atoms in total. The van der Waals surface area contributed by atoms with Crippen LogP contribution < -0.4 is 10.6 Å². The van der Waals surface area contributed by atoms with E-state index in [4.69, 9.17) is 4.74 Å². The number of rotatable bonds is 3. The number of nitrogens with one attached hydrogen (secondary N) is 2. The van der Waals surface area contributed by atoms with E-state index in [1.165, 1.54) is 38.5 Å². The first-order chi connectivity index (χ1) is 11.4. The smallest absolute Gasteiger partial charge is 0.250 e. The largest absolute Gasteiger partial charge is 0.366 e. The third-order valence-corrected chi connectivity index (χ3v) is 6.58. The molecule has 1 amide bonds. The Bertz CT molecular complexity index is 383. The fourth-order valence-electron chi connectivity index (χ4n) is 4.24. The van der Waals surface area contributed by atoms with Crippen molar-refractivity contribution in [3.63, 3.8) is 0 Å². The summed E-state index contributed by atoms with van der Waals surface area (Å²) in [6.45, 7) is 10.1. The lowest BCUT2D eigenvalue weighted by Crippen LogP contribution is -2.49. The zero-order valence-corrected chi connectivity index (χ0v) is 16.2. The number of ether oxygens (including phenoxy) is 1. The maximum atomic E-state index is 12.3. The first kappa shape index (κ1) is 19.8. The van der Waals surface area contributed by atoms with Crippen molar-refractivity contribution in [3.05, 3.63) is 0 Å². The molecule has 24 heavy (non-hydrogen) atoms. The molecule has 1 saturated heterocycles. The first-order valence-corrected chi connectivity index (χ1v) is 10.0. The summed E-state index contributed by atoms with van der Waals surface area (Å²) < 4.78 is 5.56. The predicted octanol–water partition coefficient (Wildman–Crippen LogP) is 2.15.